The summed E-state index contributed by atoms with van der Waals surface area (Å²) in [6.45, 7) is 8.20. The molecule has 1 fully saturated rings. The van der Waals surface area contributed by atoms with Crippen LogP contribution >= 0.6 is 0 Å². The number of ether oxygens (including phenoxy) is 2. The van der Waals surface area contributed by atoms with E-state index < -0.39 is 0 Å². The highest BCUT2D eigenvalue weighted by atomic mass is 16.5. The van der Waals surface area contributed by atoms with Crippen molar-refractivity contribution in [2.24, 2.45) is 0 Å². The van der Waals surface area contributed by atoms with E-state index in [2.05, 4.69) is 17.1 Å². The van der Waals surface area contributed by atoms with Crippen molar-refractivity contribution in [3.63, 3.8) is 0 Å². The minimum absolute atomic E-state index is 0.0807. The number of nitrogens with zero attached hydrogens (tertiary/aromatic N) is 1. The Bertz CT molecular complexity index is 498. The van der Waals surface area contributed by atoms with Crippen molar-refractivity contribution in [3.8, 4) is 5.75 Å². The van der Waals surface area contributed by atoms with Gasteiger partial charge in [-0.05, 0) is 37.6 Å². The third-order valence-corrected chi connectivity index (χ3v) is 4.57. The van der Waals surface area contributed by atoms with Crippen LogP contribution < -0.4 is 10.1 Å². The van der Waals surface area contributed by atoms with Gasteiger partial charge in [0.05, 0.1) is 19.8 Å². The normalized spacial score (nSPS) is 16.4. The molecule has 1 aromatic rings. The number of unbranched alkanes of at least 4 members (excludes halogenated alkanes) is 2. The molecule has 5 heteroatoms. The first-order valence-corrected chi connectivity index (χ1v) is 9.57. The van der Waals surface area contributed by atoms with Gasteiger partial charge in [-0.1, -0.05) is 26.2 Å². The molecule has 0 radical (unpaired) electrons. The van der Waals surface area contributed by atoms with Gasteiger partial charge in [-0.3, -0.25) is 9.69 Å². The zero-order valence-corrected chi connectivity index (χ0v) is 15.6. The maximum absolute atomic E-state index is 12.5. The predicted octanol–water partition coefficient (Wildman–Crippen LogP) is 3.70. The second-order valence-electron chi connectivity index (χ2n) is 6.51. The zero-order valence-electron chi connectivity index (χ0n) is 15.6. The molecule has 25 heavy (non-hydrogen) atoms. The van der Waals surface area contributed by atoms with E-state index in [1.165, 1.54) is 19.3 Å². The first-order valence-electron chi connectivity index (χ1n) is 9.57. The van der Waals surface area contributed by atoms with Crippen LogP contribution in [0.3, 0.4) is 0 Å². The Morgan fingerprint density at radius 3 is 2.56 bits per heavy atom. The maximum Gasteiger partial charge on any atom is 0.225 e. The summed E-state index contributed by atoms with van der Waals surface area (Å²) in [6.07, 6.45) is 5.21. The van der Waals surface area contributed by atoms with Crippen LogP contribution in [0.2, 0.25) is 0 Å². The number of carbonyl (C=O) groups is 1. The third kappa shape index (κ3) is 7.04. The Kier molecular flexibility index (Phi) is 8.77. The number of amides is 1. The minimum Gasteiger partial charge on any atom is -0.494 e. The summed E-state index contributed by atoms with van der Waals surface area (Å²) in [5, 5.41) is 3.02. The van der Waals surface area contributed by atoms with Gasteiger partial charge in [0.25, 0.3) is 0 Å². The van der Waals surface area contributed by atoms with E-state index in [1.807, 2.05) is 31.2 Å². The van der Waals surface area contributed by atoms with Crippen LogP contribution in [0.5, 0.6) is 5.75 Å². The molecule has 5 nitrogen and oxygen atoms in total. The van der Waals surface area contributed by atoms with Crippen LogP contribution in [0.15, 0.2) is 24.3 Å². The van der Waals surface area contributed by atoms with Crippen LogP contribution in [0.4, 0.5) is 5.69 Å². The number of hydrogen-bond donors (Lipinski definition) is 1. The summed E-state index contributed by atoms with van der Waals surface area (Å²) in [6, 6.07) is 7.87. The molecular weight excluding hydrogens is 316 g/mol. The molecular formula is C20H32N2O3. The lowest BCUT2D eigenvalue weighted by molar-refractivity contribution is -0.118. The van der Waals surface area contributed by atoms with E-state index in [-0.39, 0.29) is 5.91 Å². The van der Waals surface area contributed by atoms with Crippen molar-refractivity contribution in [1.82, 2.24) is 4.90 Å². The lowest BCUT2D eigenvalue weighted by Crippen LogP contribution is -2.45. The molecule has 140 valence electrons. The molecule has 1 amide bonds. The van der Waals surface area contributed by atoms with Crippen molar-refractivity contribution in [1.29, 1.82) is 0 Å². The van der Waals surface area contributed by atoms with Crippen LogP contribution in [0.1, 0.15) is 46.0 Å². The predicted molar refractivity (Wildman–Crippen MR) is 101 cm³/mol. The summed E-state index contributed by atoms with van der Waals surface area (Å²) >= 11 is 0. The van der Waals surface area contributed by atoms with Crippen molar-refractivity contribution in [2.45, 2.75) is 52.0 Å². The molecule has 1 saturated heterocycles. The number of anilines is 1. The molecule has 1 unspecified atom stereocenters. The van der Waals surface area contributed by atoms with Crippen LogP contribution in [-0.2, 0) is 9.53 Å². The van der Waals surface area contributed by atoms with Crippen LogP contribution in [0.25, 0.3) is 0 Å². The van der Waals surface area contributed by atoms with Gasteiger partial charge in [0.15, 0.2) is 0 Å². The largest absolute Gasteiger partial charge is 0.494 e. The molecule has 0 aromatic heterocycles. The van der Waals surface area contributed by atoms with Crippen molar-refractivity contribution < 1.29 is 14.3 Å². The molecule has 1 N–H and O–H groups in total. The van der Waals surface area contributed by atoms with E-state index in [0.717, 1.165) is 44.2 Å². The number of benzene rings is 1. The van der Waals surface area contributed by atoms with E-state index in [4.69, 9.17) is 9.47 Å². The molecule has 1 atom stereocenters. The van der Waals surface area contributed by atoms with E-state index in [0.29, 0.717) is 19.1 Å². The average Bonchev–Trinajstić information content (AvgIpc) is 2.64. The van der Waals surface area contributed by atoms with Gasteiger partial charge >= 0.3 is 0 Å². The molecule has 0 saturated carbocycles. The fourth-order valence-corrected chi connectivity index (χ4v) is 3.21. The van der Waals surface area contributed by atoms with Gasteiger partial charge < -0.3 is 14.8 Å². The number of morpholine rings is 1. The summed E-state index contributed by atoms with van der Waals surface area (Å²) in [5.74, 6) is 0.906. The lowest BCUT2D eigenvalue weighted by Gasteiger charge is -2.34. The molecule has 2 rings (SSSR count). The van der Waals surface area contributed by atoms with Crippen molar-refractivity contribution in [2.75, 3.05) is 38.2 Å². The highest BCUT2D eigenvalue weighted by Gasteiger charge is 2.23. The van der Waals surface area contributed by atoms with E-state index in [9.17, 15) is 4.79 Å². The van der Waals surface area contributed by atoms with Gasteiger partial charge in [-0.25, -0.2) is 0 Å². The lowest BCUT2D eigenvalue weighted by atomic mass is 10.0. The Hall–Kier alpha value is -1.59. The summed E-state index contributed by atoms with van der Waals surface area (Å²) in [7, 11) is 0. The smallest absolute Gasteiger partial charge is 0.225 e. The van der Waals surface area contributed by atoms with E-state index in [1.54, 1.807) is 0 Å². The number of carbonyl (C=O) groups excluding carboxylic acids is 1. The molecule has 0 aliphatic carbocycles. The van der Waals surface area contributed by atoms with Gasteiger partial charge in [-0.15, -0.1) is 0 Å². The first kappa shape index (κ1) is 19.7. The number of nitrogens with one attached hydrogen (secondary N) is 1. The Balaban J connectivity index is 1.88. The van der Waals surface area contributed by atoms with Gasteiger partial charge in [-0.2, -0.15) is 0 Å². The van der Waals surface area contributed by atoms with Gasteiger partial charge in [0.1, 0.15) is 5.75 Å². The zero-order chi connectivity index (χ0) is 17.9. The second kappa shape index (κ2) is 11.1. The second-order valence-corrected chi connectivity index (χ2v) is 6.51. The molecule has 1 heterocycles. The number of hydrogen-bond acceptors (Lipinski definition) is 4. The third-order valence-electron chi connectivity index (χ3n) is 4.57. The molecule has 1 aliphatic rings. The highest BCUT2D eigenvalue weighted by Crippen LogP contribution is 2.19. The van der Waals surface area contributed by atoms with Crippen LogP contribution in [0, 0.1) is 0 Å². The molecule has 0 spiro atoms. The first-order chi connectivity index (χ1) is 12.2. The minimum atomic E-state index is 0.0807. The highest BCUT2D eigenvalue weighted by molar-refractivity contribution is 5.91. The maximum atomic E-state index is 12.5. The summed E-state index contributed by atoms with van der Waals surface area (Å²) < 4.78 is 10.9. The summed E-state index contributed by atoms with van der Waals surface area (Å²) in [5.41, 5.74) is 0.822. The molecule has 0 bridgehead atoms. The average molecular weight is 348 g/mol. The van der Waals surface area contributed by atoms with Crippen molar-refractivity contribution >= 4 is 11.6 Å². The fourth-order valence-electron chi connectivity index (χ4n) is 3.21. The van der Waals surface area contributed by atoms with Crippen molar-refractivity contribution in [3.05, 3.63) is 24.3 Å². The van der Waals surface area contributed by atoms with Crippen LogP contribution in [-0.4, -0.2) is 49.8 Å². The summed E-state index contributed by atoms with van der Waals surface area (Å²) in [4.78, 5) is 14.9. The molecule has 1 aromatic carbocycles. The Morgan fingerprint density at radius 2 is 1.92 bits per heavy atom. The Labute approximate surface area is 151 Å². The Morgan fingerprint density at radius 1 is 1.20 bits per heavy atom. The standard InChI is InChI=1S/C20H32N2O3/c1-3-5-6-7-18(22-12-14-24-15-13-22)16-20(23)21-17-8-10-19(11-9-17)25-4-2/h8-11,18H,3-7,12-16H2,1-2H3,(H,21,23). The SMILES string of the molecule is CCCCCC(CC(=O)Nc1ccc(OCC)cc1)N1CCOCC1. The molecule has 1 aliphatic heterocycles. The fraction of sp³-hybridized carbons (Fsp3) is 0.650. The van der Waals surface area contributed by atoms with Gasteiger partial charge in [0, 0.05) is 31.2 Å². The quantitative estimate of drug-likeness (QED) is 0.655. The monoisotopic (exact) mass is 348 g/mol. The number of rotatable bonds is 10. The van der Waals surface area contributed by atoms with Gasteiger partial charge in [0.2, 0.25) is 5.91 Å². The topological polar surface area (TPSA) is 50.8 Å². The van der Waals surface area contributed by atoms with E-state index >= 15 is 0 Å².